The minimum atomic E-state index is -3.78. The quantitative estimate of drug-likeness (QED) is 0.330. The van der Waals surface area contributed by atoms with Crippen LogP contribution in [0.5, 0.6) is 0 Å². The molecule has 1 atom stereocenters. The summed E-state index contributed by atoms with van der Waals surface area (Å²) in [5.74, 6) is -0.706. The van der Waals surface area contributed by atoms with Crippen LogP contribution in [0.3, 0.4) is 0 Å². The molecule has 0 heterocycles. The number of anilines is 1. The van der Waals surface area contributed by atoms with E-state index < -0.39 is 28.5 Å². The van der Waals surface area contributed by atoms with Crippen molar-refractivity contribution in [3.8, 4) is 0 Å². The van der Waals surface area contributed by atoms with E-state index >= 15 is 0 Å². The lowest BCUT2D eigenvalue weighted by Crippen LogP contribution is -2.53. The molecule has 8 heteroatoms. The predicted molar refractivity (Wildman–Crippen MR) is 152 cm³/mol. The predicted octanol–water partition coefficient (Wildman–Crippen LogP) is 4.32. The average Bonchev–Trinajstić information content (AvgIpc) is 2.90. The Labute approximate surface area is 226 Å². The number of para-hydroxylation sites is 1. The molecule has 0 aliphatic heterocycles. The maximum absolute atomic E-state index is 14.0. The summed E-state index contributed by atoms with van der Waals surface area (Å²) in [6.45, 7) is 4.11. The highest BCUT2D eigenvalue weighted by Crippen LogP contribution is 2.23. The van der Waals surface area contributed by atoms with Crippen LogP contribution in [0.2, 0.25) is 0 Å². The third-order valence-electron chi connectivity index (χ3n) is 6.36. The minimum Gasteiger partial charge on any atom is -0.354 e. The Morgan fingerprint density at radius 3 is 2.03 bits per heavy atom. The van der Waals surface area contributed by atoms with Gasteiger partial charge in [-0.25, -0.2) is 8.42 Å². The molecular weight excluding hydrogens is 498 g/mol. The molecule has 3 aromatic rings. The van der Waals surface area contributed by atoms with E-state index in [4.69, 9.17) is 0 Å². The summed E-state index contributed by atoms with van der Waals surface area (Å²) in [6.07, 6.45) is 3.15. The number of aryl methyl sites for hydroxylation is 1. The van der Waals surface area contributed by atoms with Gasteiger partial charge in [-0.3, -0.25) is 13.9 Å². The molecule has 0 aliphatic rings. The molecule has 202 valence electrons. The van der Waals surface area contributed by atoms with Crippen LogP contribution >= 0.6 is 0 Å². The van der Waals surface area contributed by atoms with E-state index in [0.29, 0.717) is 18.7 Å². The molecule has 1 N–H and O–H groups in total. The van der Waals surface area contributed by atoms with E-state index in [1.807, 2.05) is 73.7 Å². The first kappa shape index (κ1) is 28.9. The number of amides is 2. The highest BCUT2D eigenvalue weighted by atomic mass is 32.2. The molecule has 0 spiro atoms. The molecule has 0 radical (unpaired) electrons. The summed E-state index contributed by atoms with van der Waals surface area (Å²) in [6, 6.07) is 25.2. The first-order chi connectivity index (χ1) is 18.2. The first-order valence-electron chi connectivity index (χ1n) is 12.9. The van der Waals surface area contributed by atoms with Gasteiger partial charge in [-0.1, -0.05) is 92.2 Å². The highest BCUT2D eigenvalue weighted by molar-refractivity contribution is 7.92. The Morgan fingerprint density at radius 1 is 0.868 bits per heavy atom. The van der Waals surface area contributed by atoms with Crippen LogP contribution in [0.1, 0.15) is 36.5 Å². The van der Waals surface area contributed by atoms with E-state index in [9.17, 15) is 18.0 Å². The molecule has 38 heavy (non-hydrogen) atoms. The fourth-order valence-corrected chi connectivity index (χ4v) is 5.19. The molecular formula is C30H37N3O4S. The average molecular weight is 536 g/mol. The zero-order chi connectivity index (χ0) is 27.5. The van der Waals surface area contributed by atoms with E-state index in [-0.39, 0.29) is 12.5 Å². The summed E-state index contributed by atoms with van der Waals surface area (Å²) in [5.41, 5.74) is 2.93. The van der Waals surface area contributed by atoms with Crippen LogP contribution in [0.4, 0.5) is 5.69 Å². The zero-order valence-electron chi connectivity index (χ0n) is 22.3. The lowest BCUT2D eigenvalue weighted by atomic mass is 10.0. The van der Waals surface area contributed by atoms with Gasteiger partial charge in [0.25, 0.3) is 0 Å². The molecule has 3 aromatic carbocycles. The fourth-order valence-electron chi connectivity index (χ4n) is 4.28. The normalized spacial score (nSPS) is 12.0. The van der Waals surface area contributed by atoms with Gasteiger partial charge in [-0.05, 0) is 36.1 Å². The molecule has 3 rings (SSSR count). The number of nitrogens with one attached hydrogen (secondary N) is 1. The summed E-state index contributed by atoms with van der Waals surface area (Å²) in [4.78, 5) is 29.0. The second-order valence-corrected chi connectivity index (χ2v) is 11.3. The molecule has 2 amide bonds. The Bertz CT molecular complexity index is 1300. The largest absolute Gasteiger partial charge is 0.354 e. The summed E-state index contributed by atoms with van der Waals surface area (Å²) in [5, 5.41) is 2.98. The number of benzene rings is 3. The number of sulfonamides is 1. The smallest absolute Gasteiger partial charge is 0.244 e. The molecule has 7 nitrogen and oxygen atoms in total. The van der Waals surface area contributed by atoms with Crippen LogP contribution in [0.15, 0.2) is 84.9 Å². The number of rotatable bonds is 13. The van der Waals surface area contributed by atoms with Crippen molar-refractivity contribution in [2.45, 2.75) is 45.7 Å². The van der Waals surface area contributed by atoms with E-state index in [2.05, 4.69) is 5.32 Å². The van der Waals surface area contributed by atoms with Gasteiger partial charge in [0.15, 0.2) is 0 Å². The number of hydrogen-bond donors (Lipinski definition) is 1. The summed E-state index contributed by atoms with van der Waals surface area (Å²) >= 11 is 0. The van der Waals surface area contributed by atoms with Gasteiger partial charge in [-0.2, -0.15) is 0 Å². The topological polar surface area (TPSA) is 86.8 Å². The van der Waals surface area contributed by atoms with E-state index in [0.717, 1.165) is 40.1 Å². The van der Waals surface area contributed by atoms with Crippen molar-refractivity contribution in [3.63, 3.8) is 0 Å². The van der Waals surface area contributed by atoms with E-state index in [1.165, 1.54) is 4.90 Å². The lowest BCUT2D eigenvalue weighted by Gasteiger charge is -2.33. The molecule has 0 aromatic heterocycles. The third-order valence-corrected chi connectivity index (χ3v) is 7.49. The maximum atomic E-state index is 14.0. The minimum absolute atomic E-state index is 0.170. The number of unbranched alkanes of at least 4 members (excludes halogenated alkanes) is 1. The number of hydrogen-bond acceptors (Lipinski definition) is 4. The lowest BCUT2D eigenvalue weighted by molar-refractivity contribution is -0.140. The first-order valence-corrected chi connectivity index (χ1v) is 14.7. The van der Waals surface area contributed by atoms with Gasteiger partial charge in [-0.15, -0.1) is 0 Å². The number of nitrogens with zero attached hydrogens (tertiary/aromatic N) is 2. The Morgan fingerprint density at radius 2 is 1.45 bits per heavy atom. The van der Waals surface area contributed by atoms with Crippen molar-refractivity contribution in [1.82, 2.24) is 10.2 Å². The van der Waals surface area contributed by atoms with Gasteiger partial charge in [0.2, 0.25) is 21.8 Å². The molecule has 0 saturated carbocycles. The van der Waals surface area contributed by atoms with Crippen molar-refractivity contribution < 1.29 is 18.0 Å². The van der Waals surface area contributed by atoms with E-state index in [1.54, 1.807) is 25.1 Å². The number of carbonyl (C=O) groups excluding carboxylic acids is 2. The van der Waals surface area contributed by atoms with Crippen LogP contribution < -0.4 is 9.62 Å². The maximum Gasteiger partial charge on any atom is 0.244 e. The molecule has 0 fully saturated rings. The van der Waals surface area contributed by atoms with Crippen LogP contribution in [0, 0.1) is 6.92 Å². The van der Waals surface area contributed by atoms with Crippen LogP contribution in [-0.2, 0) is 32.6 Å². The molecule has 0 bridgehead atoms. The highest BCUT2D eigenvalue weighted by Gasteiger charge is 2.33. The second-order valence-electron chi connectivity index (χ2n) is 9.41. The standard InChI is InChI=1S/C30H37N3O4S/c1-4-5-20-31-30(35)28(21-25-15-8-6-9-16-25)32(22-26-17-10-7-11-18-26)29(34)23-33(38(3,36)37)27-19-13-12-14-24(27)2/h6-19,28H,4-5,20-23H2,1-3H3,(H,31,35). The fraction of sp³-hybridized carbons (Fsp3) is 0.333. The second kappa shape index (κ2) is 13.8. The Hall–Kier alpha value is -3.65. The molecule has 0 saturated heterocycles. The molecule has 1 unspecified atom stereocenters. The number of carbonyl (C=O) groups is 2. The van der Waals surface area contributed by atoms with Gasteiger partial charge >= 0.3 is 0 Å². The zero-order valence-corrected chi connectivity index (χ0v) is 23.2. The van der Waals surface area contributed by atoms with Crippen molar-refractivity contribution in [1.29, 1.82) is 0 Å². The van der Waals surface area contributed by atoms with Gasteiger partial charge in [0.05, 0.1) is 11.9 Å². The van der Waals surface area contributed by atoms with Crippen molar-refractivity contribution in [3.05, 3.63) is 102 Å². The van der Waals surface area contributed by atoms with Gasteiger partial charge < -0.3 is 10.2 Å². The third kappa shape index (κ3) is 8.18. The molecule has 0 aliphatic carbocycles. The summed E-state index contributed by atoms with van der Waals surface area (Å²) in [7, 11) is -3.78. The van der Waals surface area contributed by atoms with Crippen molar-refractivity contribution >= 4 is 27.5 Å². The van der Waals surface area contributed by atoms with Crippen LogP contribution in [-0.4, -0.2) is 50.5 Å². The van der Waals surface area contributed by atoms with Gasteiger partial charge in [0, 0.05) is 19.5 Å². The van der Waals surface area contributed by atoms with Crippen molar-refractivity contribution in [2.75, 3.05) is 23.7 Å². The Balaban J connectivity index is 2.02. The van der Waals surface area contributed by atoms with Crippen molar-refractivity contribution in [2.24, 2.45) is 0 Å². The SMILES string of the molecule is CCCCNC(=O)C(Cc1ccccc1)N(Cc1ccccc1)C(=O)CN(c1ccccc1C)S(C)(=O)=O. The monoisotopic (exact) mass is 535 g/mol. The summed E-state index contributed by atoms with van der Waals surface area (Å²) < 4.78 is 26.8. The Kier molecular flexibility index (Phi) is 10.5. The van der Waals surface area contributed by atoms with Crippen LogP contribution in [0.25, 0.3) is 0 Å². The van der Waals surface area contributed by atoms with Gasteiger partial charge in [0.1, 0.15) is 12.6 Å².